The smallest absolute Gasteiger partial charge is 0.171 e. The van der Waals surface area contributed by atoms with E-state index in [0.29, 0.717) is 26.7 Å². The van der Waals surface area contributed by atoms with Gasteiger partial charge in [-0.05, 0) is 34.1 Å². The lowest BCUT2D eigenvalue weighted by atomic mass is 10.1. The third-order valence-electron chi connectivity index (χ3n) is 2.67. The highest BCUT2D eigenvalue weighted by Gasteiger charge is 2.15. The Kier molecular flexibility index (Phi) is 2.56. The molecule has 5 heteroatoms. The molecule has 0 saturated heterocycles. The Morgan fingerprint density at radius 1 is 1.22 bits per heavy atom. The molecule has 0 fully saturated rings. The average molecular weight is 308 g/mol. The fourth-order valence-electron chi connectivity index (χ4n) is 1.79. The van der Waals surface area contributed by atoms with Crippen LogP contribution in [-0.2, 0) is 0 Å². The number of aromatic hydroxyl groups is 1. The zero-order valence-electron chi connectivity index (χ0n) is 9.02. The predicted octanol–water partition coefficient (Wildman–Crippen LogP) is 4.10. The summed E-state index contributed by atoms with van der Waals surface area (Å²) in [7, 11) is 0. The second-order valence-corrected chi connectivity index (χ2v) is 4.67. The molecule has 3 aromatic rings. The van der Waals surface area contributed by atoms with Crippen LogP contribution < -0.4 is 0 Å². The molecule has 0 spiro atoms. The van der Waals surface area contributed by atoms with Crippen LogP contribution in [0.2, 0.25) is 0 Å². The summed E-state index contributed by atoms with van der Waals surface area (Å²) >= 11 is 3.21. The zero-order chi connectivity index (χ0) is 12.7. The van der Waals surface area contributed by atoms with E-state index in [1.165, 1.54) is 12.1 Å². The van der Waals surface area contributed by atoms with Crippen molar-refractivity contribution >= 4 is 26.9 Å². The predicted molar refractivity (Wildman–Crippen MR) is 68.8 cm³/mol. The van der Waals surface area contributed by atoms with Crippen LogP contribution in [0.3, 0.4) is 0 Å². The van der Waals surface area contributed by atoms with Gasteiger partial charge in [-0.2, -0.15) is 0 Å². The minimum Gasteiger partial charge on any atom is -0.507 e. The zero-order valence-corrected chi connectivity index (χ0v) is 10.6. The molecule has 0 radical (unpaired) electrons. The van der Waals surface area contributed by atoms with Gasteiger partial charge in [0.05, 0.1) is 9.86 Å². The molecule has 1 aromatic heterocycles. The topological polar surface area (TPSA) is 46.3 Å². The standard InChI is InChI=1S/C13H7BrFNO2/c14-9-5-8-12(6-11(9)17)18-16-13(8)7-3-1-2-4-10(7)15/h1-6,17H. The average Bonchev–Trinajstić information content (AvgIpc) is 2.73. The molecule has 0 aliphatic rings. The lowest BCUT2D eigenvalue weighted by Gasteiger charge is -1.99. The Morgan fingerprint density at radius 2 is 2.00 bits per heavy atom. The molecule has 0 unspecified atom stereocenters. The highest BCUT2D eigenvalue weighted by molar-refractivity contribution is 9.10. The molecule has 0 aliphatic carbocycles. The van der Waals surface area contributed by atoms with Crippen molar-refractivity contribution in [2.45, 2.75) is 0 Å². The van der Waals surface area contributed by atoms with Gasteiger partial charge in [0.15, 0.2) is 5.58 Å². The SMILES string of the molecule is Oc1cc2onc(-c3ccccc3F)c2cc1Br. The number of nitrogens with zero attached hydrogens (tertiary/aromatic N) is 1. The number of phenolic OH excluding ortho intramolecular Hbond substituents is 1. The highest BCUT2D eigenvalue weighted by atomic mass is 79.9. The molecule has 0 bridgehead atoms. The van der Waals surface area contributed by atoms with Crippen molar-refractivity contribution in [1.82, 2.24) is 5.16 Å². The number of aromatic nitrogens is 1. The lowest BCUT2D eigenvalue weighted by Crippen LogP contribution is -1.83. The Morgan fingerprint density at radius 3 is 2.78 bits per heavy atom. The number of halogens is 2. The molecule has 3 rings (SSSR count). The largest absolute Gasteiger partial charge is 0.507 e. The van der Waals surface area contributed by atoms with E-state index in [9.17, 15) is 9.50 Å². The molecule has 1 N–H and O–H groups in total. The summed E-state index contributed by atoms with van der Waals surface area (Å²) in [5, 5.41) is 14.0. The number of fused-ring (bicyclic) bond motifs is 1. The van der Waals surface area contributed by atoms with Crippen LogP contribution in [0, 0.1) is 5.82 Å². The van der Waals surface area contributed by atoms with Crippen LogP contribution in [0.15, 0.2) is 45.4 Å². The minimum atomic E-state index is -0.364. The summed E-state index contributed by atoms with van der Waals surface area (Å²) in [6, 6.07) is 9.44. The first-order valence-electron chi connectivity index (χ1n) is 5.19. The van der Waals surface area contributed by atoms with Gasteiger partial charge in [0.1, 0.15) is 17.3 Å². The van der Waals surface area contributed by atoms with Gasteiger partial charge in [0.25, 0.3) is 0 Å². The maximum absolute atomic E-state index is 13.7. The Labute approximate surface area is 110 Å². The third-order valence-corrected chi connectivity index (χ3v) is 3.30. The van der Waals surface area contributed by atoms with E-state index in [4.69, 9.17) is 4.52 Å². The minimum absolute atomic E-state index is 0.0544. The van der Waals surface area contributed by atoms with Crippen molar-refractivity contribution < 1.29 is 14.0 Å². The van der Waals surface area contributed by atoms with Crippen LogP contribution in [0.5, 0.6) is 5.75 Å². The molecule has 90 valence electrons. The lowest BCUT2D eigenvalue weighted by molar-refractivity contribution is 0.449. The second-order valence-electron chi connectivity index (χ2n) is 3.81. The monoisotopic (exact) mass is 307 g/mol. The summed E-state index contributed by atoms with van der Waals surface area (Å²) in [6.45, 7) is 0. The second kappa shape index (κ2) is 4.10. The maximum atomic E-state index is 13.7. The summed E-state index contributed by atoms with van der Waals surface area (Å²) in [5.41, 5.74) is 1.20. The molecule has 18 heavy (non-hydrogen) atoms. The van der Waals surface area contributed by atoms with Gasteiger partial charge in [-0.15, -0.1) is 0 Å². The Hall–Kier alpha value is -1.88. The number of hydrogen-bond acceptors (Lipinski definition) is 3. The van der Waals surface area contributed by atoms with Crippen molar-refractivity contribution in [3.63, 3.8) is 0 Å². The van der Waals surface area contributed by atoms with Crippen molar-refractivity contribution in [3.8, 4) is 17.0 Å². The summed E-state index contributed by atoms with van der Waals surface area (Å²) in [6.07, 6.45) is 0. The fourth-order valence-corrected chi connectivity index (χ4v) is 2.14. The van der Waals surface area contributed by atoms with Crippen LogP contribution in [0.25, 0.3) is 22.2 Å². The maximum Gasteiger partial charge on any atom is 0.171 e. The molecule has 0 aliphatic heterocycles. The summed E-state index contributed by atoms with van der Waals surface area (Å²) in [5.74, 6) is -0.310. The number of benzene rings is 2. The first kappa shape index (κ1) is 11.2. The quantitative estimate of drug-likeness (QED) is 0.736. The van der Waals surface area contributed by atoms with E-state index >= 15 is 0 Å². The van der Waals surface area contributed by atoms with Gasteiger partial charge < -0.3 is 9.63 Å². The molecule has 0 saturated carbocycles. The van der Waals surface area contributed by atoms with Crippen molar-refractivity contribution in [2.75, 3.05) is 0 Å². The van der Waals surface area contributed by atoms with Gasteiger partial charge in [-0.25, -0.2) is 4.39 Å². The number of rotatable bonds is 1. The summed E-state index contributed by atoms with van der Waals surface area (Å²) < 4.78 is 19.3. The van der Waals surface area contributed by atoms with Crippen LogP contribution in [-0.4, -0.2) is 10.3 Å². The van der Waals surface area contributed by atoms with E-state index in [1.54, 1.807) is 24.3 Å². The number of phenols is 1. The molecule has 3 nitrogen and oxygen atoms in total. The van der Waals surface area contributed by atoms with E-state index in [0.717, 1.165) is 0 Å². The van der Waals surface area contributed by atoms with Crippen molar-refractivity contribution in [1.29, 1.82) is 0 Å². The van der Waals surface area contributed by atoms with Crippen LogP contribution in [0.1, 0.15) is 0 Å². The highest BCUT2D eigenvalue weighted by Crippen LogP contribution is 2.35. The molecule has 0 atom stereocenters. The summed E-state index contributed by atoms with van der Waals surface area (Å²) in [4.78, 5) is 0. The van der Waals surface area contributed by atoms with Crippen LogP contribution in [0.4, 0.5) is 4.39 Å². The molecular weight excluding hydrogens is 301 g/mol. The normalized spacial score (nSPS) is 11.0. The fraction of sp³-hybridized carbons (Fsp3) is 0. The van der Waals surface area contributed by atoms with Gasteiger partial charge >= 0.3 is 0 Å². The van der Waals surface area contributed by atoms with E-state index in [2.05, 4.69) is 21.1 Å². The van der Waals surface area contributed by atoms with E-state index in [1.807, 2.05) is 0 Å². The first-order chi connectivity index (χ1) is 8.66. The molecular formula is C13H7BrFNO2. The van der Waals surface area contributed by atoms with Crippen molar-refractivity contribution in [2.24, 2.45) is 0 Å². The Bertz CT molecular complexity index is 739. The molecule has 2 aromatic carbocycles. The van der Waals surface area contributed by atoms with Gasteiger partial charge in [0.2, 0.25) is 0 Å². The van der Waals surface area contributed by atoms with E-state index in [-0.39, 0.29) is 11.6 Å². The third kappa shape index (κ3) is 1.67. The van der Waals surface area contributed by atoms with E-state index < -0.39 is 0 Å². The van der Waals surface area contributed by atoms with Gasteiger partial charge in [-0.1, -0.05) is 17.3 Å². The van der Waals surface area contributed by atoms with Gasteiger partial charge in [-0.3, -0.25) is 0 Å². The Balaban J connectivity index is 2.31. The number of hydrogen-bond donors (Lipinski definition) is 1. The van der Waals surface area contributed by atoms with Crippen molar-refractivity contribution in [3.05, 3.63) is 46.7 Å². The van der Waals surface area contributed by atoms with Gasteiger partial charge in [0, 0.05) is 11.6 Å². The van der Waals surface area contributed by atoms with Crippen LogP contribution >= 0.6 is 15.9 Å². The molecule has 1 heterocycles. The molecule has 0 amide bonds. The first-order valence-corrected chi connectivity index (χ1v) is 5.99.